The molecule has 0 spiro atoms. The third-order valence-corrected chi connectivity index (χ3v) is 2.84. The van der Waals surface area contributed by atoms with Crippen molar-refractivity contribution in [2.75, 3.05) is 24.5 Å². The molecule has 0 aliphatic heterocycles. The molecule has 1 aromatic carbocycles. The Labute approximate surface area is 106 Å². The summed E-state index contributed by atoms with van der Waals surface area (Å²) in [6.45, 7) is 9.92. The van der Waals surface area contributed by atoms with Gasteiger partial charge in [-0.1, -0.05) is 45.4 Å². The minimum absolute atomic E-state index is 0.568. The van der Waals surface area contributed by atoms with Crippen molar-refractivity contribution in [2.24, 2.45) is 0 Å². The first-order valence-corrected chi connectivity index (χ1v) is 6.77. The van der Waals surface area contributed by atoms with Crippen LogP contribution in [0.4, 0.5) is 5.69 Å². The van der Waals surface area contributed by atoms with Gasteiger partial charge < -0.3 is 10.2 Å². The SMILES string of the molecule is CCCCN(CCNC(C)C)c1ccccc1. The molecule has 0 fully saturated rings. The standard InChI is InChI=1S/C15H26N2/c1-4-5-12-17(13-11-16-14(2)3)15-9-7-6-8-10-15/h6-10,14,16H,4-5,11-13H2,1-3H3. The predicted octanol–water partition coefficient (Wildman–Crippen LogP) is 3.29. The minimum atomic E-state index is 0.568. The van der Waals surface area contributed by atoms with Crippen molar-refractivity contribution in [3.05, 3.63) is 30.3 Å². The number of benzene rings is 1. The first kappa shape index (κ1) is 14.0. The fourth-order valence-electron chi connectivity index (χ4n) is 1.85. The van der Waals surface area contributed by atoms with Gasteiger partial charge in [0.25, 0.3) is 0 Å². The molecule has 0 radical (unpaired) electrons. The monoisotopic (exact) mass is 234 g/mol. The summed E-state index contributed by atoms with van der Waals surface area (Å²) >= 11 is 0. The molecule has 2 nitrogen and oxygen atoms in total. The van der Waals surface area contributed by atoms with Crippen LogP contribution in [0.1, 0.15) is 33.6 Å². The molecule has 0 aliphatic rings. The highest BCUT2D eigenvalue weighted by atomic mass is 15.1. The molecule has 1 N–H and O–H groups in total. The maximum absolute atomic E-state index is 3.48. The summed E-state index contributed by atoms with van der Waals surface area (Å²) in [5, 5.41) is 3.48. The Morgan fingerprint density at radius 2 is 1.82 bits per heavy atom. The fraction of sp³-hybridized carbons (Fsp3) is 0.600. The third-order valence-electron chi connectivity index (χ3n) is 2.84. The molecule has 17 heavy (non-hydrogen) atoms. The van der Waals surface area contributed by atoms with E-state index in [1.54, 1.807) is 0 Å². The molecule has 0 aromatic heterocycles. The molecule has 0 aliphatic carbocycles. The number of unbranched alkanes of at least 4 members (excludes halogenated alkanes) is 1. The molecule has 0 unspecified atom stereocenters. The Kier molecular flexibility index (Phi) is 6.71. The van der Waals surface area contributed by atoms with Gasteiger partial charge in [0.2, 0.25) is 0 Å². The van der Waals surface area contributed by atoms with Gasteiger partial charge in [-0.25, -0.2) is 0 Å². The molecule has 96 valence electrons. The van der Waals surface area contributed by atoms with Gasteiger partial charge in [0.15, 0.2) is 0 Å². The Bertz CT molecular complexity index is 282. The Morgan fingerprint density at radius 3 is 2.41 bits per heavy atom. The van der Waals surface area contributed by atoms with Gasteiger partial charge in [0.05, 0.1) is 0 Å². The zero-order chi connectivity index (χ0) is 12.5. The number of hydrogen-bond donors (Lipinski definition) is 1. The van der Waals surface area contributed by atoms with Crippen molar-refractivity contribution in [1.29, 1.82) is 0 Å². The minimum Gasteiger partial charge on any atom is -0.370 e. The summed E-state index contributed by atoms with van der Waals surface area (Å²) in [4.78, 5) is 2.47. The fourth-order valence-corrected chi connectivity index (χ4v) is 1.85. The van der Waals surface area contributed by atoms with E-state index in [-0.39, 0.29) is 0 Å². The normalized spacial score (nSPS) is 10.8. The van der Waals surface area contributed by atoms with Crippen molar-refractivity contribution >= 4 is 5.69 Å². The zero-order valence-electron chi connectivity index (χ0n) is 11.4. The lowest BCUT2D eigenvalue weighted by Gasteiger charge is -2.25. The number of hydrogen-bond acceptors (Lipinski definition) is 2. The van der Waals surface area contributed by atoms with Crippen LogP contribution in [-0.2, 0) is 0 Å². The van der Waals surface area contributed by atoms with E-state index in [9.17, 15) is 0 Å². The summed E-state index contributed by atoms with van der Waals surface area (Å²) in [6.07, 6.45) is 2.51. The van der Waals surface area contributed by atoms with E-state index >= 15 is 0 Å². The lowest BCUT2D eigenvalue weighted by molar-refractivity contribution is 0.576. The Balaban J connectivity index is 2.48. The number of para-hydroxylation sites is 1. The van der Waals surface area contributed by atoms with Crippen molar-refractivity contribution < 1.29 is 0 Å². The van der Waals surface area contributed by atoms with Gasteiger partial charge in [-0.15, -0.1) is 0 Å². The topological polar surface area (TPSA) is 15.3 Å². The molecule has 2 heteroatoms. The molecule has 0 amide bonds. The van der Waals surface area contributed by atoms with E-state index in [0.29, 0.717) is 6.04 Å². The summed E-state index contributed by atoms with van der Waals surface area (Å²) in [6, 6.07) is 11.3. The molecule has 0 saturated heterocycles. The molecular weight excluding hydrogens is 208 g/mol. The van der Waals surface area contributed by atoms with Crippen LogP contribution in [0.2, 0.25) is 0 Å². The van der Waals surface area contributed by atoms with E-state index in [1.165, 1.54) is 18.5 Å². The van der Waals surface area contributed by atoms with Crippen LogP contribution in [-0.4, -0.2) is 25.7 Å². The highest BCUT2D eigenvalue weighted by molar-refractivity contribution is 5.45. The molecule has 0 saturated carbocycles. The van der Waals surface area contributed by atoms with E-state index in [4.69, 9.17) is 0 Å². The van der Waals surface area contributed by atoms with E-state index in [1.807, 2.05) is 0 Å². The van der Waals surface area contributed by atoms with Crippen molar-refractivity contribution in [3.8, 4) is 0 Å². The van der Waals surface area contributed by atoms with E-state index in [2.05, 4.69) is 61.3 Å². The second kappa shape index (κ2) is 8.13. The van der Waals surface area contributed by atoms with Crippen LogP contribution in [0.25, 0.3) is 0 Å². The van der Waals surface area contributed by atoms with Crippen LogP contribution in [0.15, 0.2) is 30.3 Å². The highest BCUT2D eigenvalue weighted by Gasteiger charge is 2.05. The lowest BCUT2D eigenvalue weighted by Crippen LogP contribution is -2.35. The van der Waals surface area contributed by atoms with Gasteiger partial charge in [-0.05, 0) is 18.6 Å². The summed E-state index contributed by atoms with van der Waals surface area (Å²) in [5.74, 6) is 0. The van der Waals surface area contributed by atoms with Crippen LogP contribution in [0.5, 0.6) is 0 Å². The quantitative estimate of drug-likeness (QED) is 0.742. The van der Waals surface area contributed by atoms with Crippen molar-refractivity contribution in [3.63, 3.8) is 0 Å². The van der Waals surface area contributed by atoms with Crippen molar-refractivity contribution in [2.45, 2.75) is 39.7 Å². The van der Waals surface area contributed by atoms with Gasteiger partial charge in [-0.2, -0.15) is 0 Å². The third kappa shape index (κ3) is 5.73. The number of nitrogens with zero attached hydrogens (tertiary/aromatic N) is 1. The lowest BCUT2D eigenvalue weighted by atomic mass is 10.2. The molecule has 0 atom stereocenters. The van der Waals surface area contributed by atoms with Crippen LogP contribution < -0.4 is 10.2 Å². The van der Waals surface area contributed by atoms with Crippen LogP contribution in [0.3, 0.4) is 0 Å². The van der Waals surface area contributed by atoms with Gasteiger partial charge >= 0.3 is 0 Å². The van der Waals surface area contributed by atoms with Gasteiger partial charge in [0, 0.05) is 31.4 Å². The van der Waals surface area contributed by atoms with Gasteiger partial charge in [0.1, 0.15) is 0 Å². The van der Waals surface area contributed by atoms with Crippen LogP contribution >= 0.6 is 0 Å². The maximum atomic E-state index is 3.48. The number of nitrogens with one attached hydrogen (secondary N) is 1. The smallest absolute Gasteiger partial charge is 0.0366 e. The average molecular weight is 234 g/mol. The average Bonchev–Trinajstić information content (AvgIpc) is 2.34. The second-order valence-electron chi connectivity index (χ2n) is 4.78. The summed E-state index contributed by atoms with van der Waals surface area (Å²) in [5.41, 5.74) is 1.34. The second-order valence-corrected chi connectivity index (χ2v) is 4.78. The molecule has 0 bridgehead atoms. The number of anilines is 1. The Morgan fingerprint density at radius 1 is 1.12 bits per heavy atom. The zero-order valence-corrected chi connectivity index (χ0v) is 11.4. The van der Waals surface area contributed by atoms with E-state index in [0.717, 1.165) is 19.6 Å². The number of rotatable bonds is 8. The van der Waals surface area contributed by atoms with E-state index < -0.39 is 0 Å². The summed E-state index contributed by atoms with van der Waals surface area (Å²) < 4.78 is 0. The molecule has 1 aromatic rings. The highest BCUT2D eigenvalue weighted by Crippen LogP contribution is 2.13. The first-order chi connectivity index (χ1) is 8.24. The van der Waals surface area contributed by atoms with Gasteiger partial charge in [-0.3, -0.25) is 0 Å². The van der Waals surface area contributed by atoms with Crippen molar-refractivity contribution in [1.82, 2.24) is 5.32 Å². The Hall–Kier alpha value is -1.02. The largest absolute Gasteiger partial charge is 0.370 e. The molecule has 1 rings (SSSR count). The molecule has 0 heterocycles. The molecular formula is C15H26N2. The predicted molar refractivity (Wildman–Crippen MR) is 76.7 cm³/mol. The summed E-state index contributed by atoms with van der Waals surface area (Å²) in [7, 11) is 0. The maximum Gasteiger partial charge on any atom is 0.0366 e. The first-order valence-electron chi connectivity index (χ1n) is 6.77. The van der Waals surface area contributed by atoms with Crippen LogP contribution in [0, 0.1) is 0 Å².